The molecule has 2 aliphatic heterocycles. The van der Waals surface area contributed by atoms with Crippen molar-refractivity contribution in [1.82, 2.24) is 19.4 Å². The number of aryl methyl sites for hydroxylation is 1. The lowest BCUT2D eigenvalue weighted by Gasteiger charge is -2.39. The molecule has 1 aromatic heterocycles. The zero-order chi connectivity index (χ0) is 18.1. The minimum Gasteiger partial charge on any atom is -0.338 e. The molecule has 138 valence electrons. The van der Waals surface area contributed by atoms with E-state index in [0.29, 0.717) is 6.54 Å². The molecule has 1 atom stereocenters. The third kappa shape index (κ3) is 3.26. The maximum absolute atomic E-state index is 13.2. The molecule has 6 heteroatoms. The van der Waals surface area contributed by atoms with E-state index in [9.17, 15) is 9.18 Å². The predicted octanol–water partition coefficient (Wildman–Crippen LogP) is 2.57. The first kappa shape index (κ1) is 17.2. The number of benzene rings is 1. The second kappa shape index (κ2) is 6.83. The Kier molecular flexibility index (Phi) is 4.53. The van der Waals surface area contributed by atoms with Crippen molar-refractivity contribution in [2.24, 2.45) is 12.5 Å². The van der Waals surface area contributed by atoms with E-state index in [1.807, 2.05) is 28.9 Å². The van der Waals surface area contributed by atoms with Crippen LogP contribution in [0.2, 0.25) is 0 Å². The number of carbonyl (C=O) groups is 1. The molecule has 2 aromatic rings. The molecule has 0 saturated carbocycles. The van der Waals surface area contributed by atoms with Gasteiger partial charge in [-0.15, -0.1) is 0 Å². The third-order valence-corrected chi connectivity index (χ3v) is 5.83. The predicted molar refractivity (Wildman–Crippen MR) is 96.6 cm³/mol. The lowest BCUT2D eigenvalue weighted by Crippen LogP contribution is -2.49. The molecule has 4 rings (SSSR count). The molecule has 0 radical (unpaired) electrons. The monoisotopic (exact) mass is 356 g/mol. The minimum atomic E-state index is -0.260. The summed E-state index contributed by atoms with van der Waals surface area (Å²) in [6.07, 6.45) is 6.68. The van der Waals surface area contributed by atoms with Crippen LogP contribution >= 0.6 is 0 Å². The van der Waals surface area contributed by atoms with Crippen molar-refractivity contribution in [3.8, 4) is 0 Å². The molecule has 1 spiro atoms. The van der Waals surface area contributed by atoms with Crippen LogP contribution in [0.1, 0.15) is 30.7 Å². The molecule has 0 aliphatic carbocycles. The normalized spacial score (nSPS) is 23.9. The summed E-state index contributed by atoms with van der Waals surface area (Å²) < 4.78 is 15.2. The summed E-state index contributed by atoms with van der Waals surface area (Å²) in [6.45, 7) is 3.88. The Labute approximate surface area is 153 Å². The van der Waals surface area contributed by atoms with E-state index in [0.717, 1.165) is 56.8 Å². The molecule has 5 nitrogen and oxygen atoms in total. The van der Waals surface area contributed by atoms with Crippen molar-refractivity contribution in [2.45, 2.75) is 32.4 Å². The van der Waals surface area contributed by atoms with E-state index < -0.39 is 0 Å². The van der Waals surface area contributed by atoms with Gasteiger partial charge < -0.3 is 9.47 Å². The van der Waals surface area contributed by atoms with Gasteiger partial charge in [0.2, 0.25) is 5.91 Å². The standard InChI is InChI=1S/C20H25FN4O/c1-23-12-9-22-18(23)14-24-11-8-20(15-24)7-2-10-25(19(20)26)13-16-3-5-17(21)6-4-16/h3-6,9,12H,2,7-8,10-11,13-15H2,1H3/t20-/m0/s1. The molecule has 26 heavy (non-hydrogen) atoms. The number of hydrogen-bond donors (Lipinski definition) is 0. The Hall–Kier alpha value is -2.21. The smallest absolute Gasteiger partial charge is 0.230 e. The number of rotatable bonds is 4. The van der Waals surface area contributed by atoms with Crippen molar-refractivity contribution >= 4 is 5.91 Å². The van der Waals surface area contributed by atoms with Gasteiger partial charge in [0.1, 0.15) is 11.6 Å². The van der Waals surface area contributed by atoms with E-state index in [2.05, 4.69) is 9.88 Å². The first-order valence-electron chi connectivity index (χ1n) is 9.28. The summed E-state index contributed by atoms with van der Waals surface area (Å²) in [6, 6.07) is 6.46. The minimum absolute atomic E-state index is 0.240. The number of aromatic nitrogens is 2. The van der Waals surface area contributed by atoms with Gasteiger partial charge in [0.15, 0.2) is 0 Å². The SMILES string of the molecule is Cn1ccnc1CN1CC[C@@]2(CCCN(Cc3ccc(F)cc3)C2=O)C1. The highest BCUT2D eigenvalue weighted by Crippen LogP contribution is 2.40. The summed E-state index contributed by atoms with van der Waals surface area (Å²) in [7, 11) is 2.00. The summed E-state index contributed by atoms with van der Waals surface area (Å²) >= 11 is 0. The van der Waals surface area contributed by atoms with Crippen LogP contribution < -0.4 is 0 Å². The van der Waals surface area contributed by atoms with Crippen LogP contribution in [0, 0.1) is 11.2 Å². The first-order chi connectivity index (χ1) is 12.6. The Balaban J connectivity index is 1.44. The van der Waals surface area contributed by atoms with Gasteiger partial charge in [0.05, 0.1) is 12.0 Å². The maximum Gasteiger partial charge on any atom is 0.230 e. The first-order valence-corrected chi connectivity index (χ1v) is 9.28. The van der Waals surface area contributed by atoms with Crippen LogP contribution in [0.25, 0.3) is 0 Å². The van der Waals surface area contributed by atoms with Gasteiger partial charge in [-0.3, -0.25) is 9.69 Å². The number of likely N-dealkylation sites (tertiary alicyclic amines) is 2. The Morgan fingerprint density at radius 2 is 1.96 bits per heavy atom. The van der Waals surface area contributed by atoms with Gasteiger partial charge in [-0.2, -0.15) is 0 Å². The van der Waals surface area contributed by atoms with Crippen molar-refractivity contribution in [3.63, 3.8) is 0 Å². The van der Waals surface area contributed by atoms with E-state index in [1.54, 1.807) is 12.1 Å². The molecule has 3 heterocycles. The van der Waals surface area contributed by atoms with Crippen LogP contribution in [0.4, 0.5) is 4.39 Å². The molecular formula is C20H25FN4O. The van der Waals surface area contributed by atoms with Crippen molar-refractivity contribution in [1.29, 1.82) is 0 Å². The number of nitrogens with zero attached hydrogens (tertiary/aromatic N) is 4. The van der Waals surface area contributed by atoms with E-state index in [4.69, 9.17) is 0 Å². The van der Waals surface area contributed by atoms with E-state index in [1.165, 1.54) is 12.1 Å². The van der Waals surface area contributed by atoms with Gasteiger partial charge in [0, 0.05) is 39.1 Å². The Bertz CT molecular complexity index is 787. The Morgan fingerprint density at radius 1 is 1.15 bits per heavy atom. The third-order valence-electron chi connectivity index (χ3n) is 5.83. The number of carbonyl (C=O) groups excluding carboxylic acids is 1. The highest BCUT2D eigenvalue weighted by molar-refractivity contribution is 5.84. The number of piperidine rings is 1. The molecular weight excluding hydrogens is 331 g/mol. The molecule has 1 aromatic carbocycles. The summed E-state index contributed by atoms with van der Waals surface area (Å²) in [5, 5.41) is 0. The zero-order valence-electron chi connectivity index (χ0n) is 15.2. The fourth-order valence-corrected chi connectivity index (χ4v) is 4.33. The molecule has 0 N–H and O–H groups in total. The largest absolute Gasteiger partial charge is 0.338 e. The molecule has 0 unspecified atom stereocenters. The van der Waals surface area contributed by atoms with Crippen molar-refractivity contribution in [2.75, 3.05) is 19.6 Å². The fraction of sp³-hybridized carbons (Fsp3) is 0.500. The second-order valence-corrected chi connectivity index (χ2v) is 7.65. The van der Waals surface area contributed by atoms with Crippen LogP contribution in [-0.4, -0.2) is 44.9 Å². The highest BCUT2D eigenvalue weighted by Gasteiger charge is 2.48. The van der Waals surface area contributed by atoms with Crippen molar-refractivity contribution in [3.05, 3.63) is 53.9 Å². The van der Waals surface area contributed by atoms with Crippen LogP contribution in [0.5, 0.6) is 0 Å². The van der Waals surface area contributed by atoms with E-state index >= 15 is 0 Å². The number of hydrogen-bond acceptors (Lipinski definition) is 3. The van der Waals surface area contributed by atoms with E-state index in [-0.39, 0.29) is 17.1 Å². The molecule has 2 saturated heterocycles. The summed E-state index contributed by atoms with van der Waals surface area (Å²) in [4.78, 5) is 22.0. The van der Waals surface area contributed by atoms with Crippen LogP contribution in [-0.2, 0) is 24.9 Å². The second-order valence-electron chi connectivity index (χ2n) is 7.65. The number of imidazole rings is 1. The fourth-order valence-electron chi connectivity index (χ4n) is 4.33. The zero-order valence-corrected chi connectivity index (χ0v) is 15.2. The van der Waals surface area contributed by atoms with Gasteiger partial charge in [-0.05, 0) is 43.5 Å². The van der Waals surface area contributed by atoms with Crippen LogP contribution in [0.3, 0.4) is 0 Å². The highest BCUT2D eigenvalue weighted by atomic mass is 19.1. The molecule has 0 bridgehead atoms. The summed E-state index contributed by atoms with van der Waals surface area (Å²) in [5.41, 5.74) is 0.725. The topological polar surface area (TPSA) is 41.4 Å². The van der Waals surface area contributed by atoms with Gasteiger partial charge in [-0.1, -0.05) is 12.1 Å². The average Bonchev–Trinajstić information content (AvgIpc) is 3.22. The number of halogens is 1. The maximum atomic E-state index is 13.2. The van der Waals surface area contributed by atoms with Gasteiger partial charge in [0.25, 0.3) is 0 Å². The molecule has 2 aliphatic rings. The van der Waals surface area contributed by atoms with Crippen LogP contribution in [0.15, 0.2) is 36.7 Å². The van der Waals surface area contributed by atoms with Gasteiger partial charge >= 0.3 is 0 Å². The van der Waals surface area contributed by atoms with Gasteiger partial charge in [-0.25, -0.2) is 9.37 Å². The number of amides is 1. The quantitative estimate of drug-likeness (QED) is 0.846. The molecule has 1 amide bonds. The lowest BCUT2D eigenvalue weighted by atomic mass is 9.78. The van der Waals surface area contributed by atoms with Crippen molar-refractivity contribution < 1.29 is 9.18 Å². The lowest BCUT2D eigenvalue weighted by molar-refractivity contribution is -0.146. The Morgan fingerprint density at radius 3 is 2.69 bits per heavy atom. The molecule has 2 fully saturated rings. The summed E-state index contributed by atoms with van der Waals surface area (Å²) in [5.74, 6) is 1.06. The average molecular weight is 356 g/mol.